The summed E-state index contributed by atoms with van der Waals surface area (Å²) in [5.74, 6) is -1.72. The maximum absolute atomic E-state index is 12.2. The zero-order chi connectivity index (χ0) is 19.9. The Labute approximate surface area is 161 Å². The maximum atomic E-state index is 12.2. The van der Waals surface area contributed by atoms with Gasteiger partial charge in [-0.15, -0.1) is 0 Å². The summed E-state index contributed by atoms with van der Waals surface area (Å²) < 4.78 is 11.3. The first kappa shape index (κ1) is 19.4. The molecule has 0 saturated carbocycles. The number of carbonyl (C=O) groups is 2. The number of aromatic nitrogens is 1. The highest BCUT2D eigenvalue weighted by Gasteiger charge is 2.17. The summed E-state index contributed by atoms with van der Waals surface area (Å²) in [4.78, 5) is 36.2. The molecule has 0 bridgehead atoms. The molecule has 3 aromatic rings. The van der Waals surface area contributed by atoms with E-state index >= 15 is 0 Å². The highest BCUT2D eigenvalue weighted by atomic mass is 16.5. The van der Waals surface area contributed by atoms with Crippen molar-refractivity contribution in [2.75, 3.05) is 6.61 Å². The molecule has 7 nitrogen and oxygen atoms in total. The van der Waals surface area contributed by atoms with Crippen molar-refractivity contribution < 1.29 is 18.7 Å². The van der Waals surface area contributed by atoms with Crippen molar-refractivity contribution in [1.29, 1.82) is 0 Å². The Morgan fingerprint density at radius 3 is 2.57 bits per heavy atom. The average molecular weight is 382 g/mol. The second-order valence-corrected chi connectivity index (χ2v) is 6.40. The van der Waals surface area contributed by atoms with Crippen molar-refractivity contribution in [2.24, 2.45) is 0 Å². The van der Waals surface area contributed by atoms with Gasteiger partial charge in [-0.1, -0.05) is 55.8 Å². The zero-order valence-corrected chi connectivity index (χ0v) is 15.6. The number of nitrogens with zero attached hydrogens (tertiary/aromatic N) is 1. The Kier molecular flexibility index (Phi) is 6.26. The lowest BCUT2D eigenvalue weighted by Crippen LogP contribution is -2.33. The van der Waals surface area contributed by atoms with Gasteiger partial charge in [-0.25, -0.2) is 4.79 Å². The van der Waals surface area contributed by atoms with Crippen LogP contribution in [0.5, 0.6) is 0 Å². The van der Waals surface area contributed by atoms with Gasteiger partial charge in [0, 0.05) is 0 Å². The molecule has 0 spiro atoms. The molecule has 1 aromatic heterocycles. The first-order valence-corrected chi connectivity index (χ1v) is 9.16. The number of para-hydroxylation sites is 2. The number of oxazole rings is 1. The fourth-order valence-corrected chi connectivity index (χ4v) is 3.02. The summed E-state index contributed by atoms with van der Waals surface area (Å²) in [5, 5.41) is 2.89. The van der Waals surface area contributed by atoms with Crippen molar-refractivity contribution >= 4 is 23.0 Å². The Morgan fingerprint density at radius 1 is 1.11 bits per heavy atom. The first-order valence-electron chi connectivity index (χ1n) is 9.16. The highest BCUT2D eigenvalue weighted by molar-refractivity contribution is 5.81. The largest absolute Gasteiger partial charge is 0.454 e. The number of esters is 1. The predicted molar refractivity (Wildman–Crippen MR) is 104 cm³/mol. The average Bonchev–Trinajstić information content (AvgIpc) is 3.02. The topological polar surface area (TPSA) is 90.5 Å². The second kappa shape index (κ2) is 9.03. The standard InChI is InChI=1S/C21H22N2O5/c1-2-8-16(15-9-4-3-5-10-15)22-19(24)14-27-20(25)13-23-17-11-6-7-12-18(17)28-21(23)26/h3-7,9-12,16H,2,8,13-14H2,1H3,(H,22,24)/t16-/m1/s1. The molecule has 1 atom stereocenters. The molecule has 0 aliphatic heterocycles. The molecule has 146 valence electrons. The van der Waals surface area contributed by atoms with Crippen LogP contribution in [-0.2, 0) is 20.9 Å². The SMILES string of the molecule is CCC[C@@H](NC(=O)COC(=O)Cn1c(=O)oc2ccccc21)c1ccccc1. The van der Waals surface area contributed by atoms with E-state index in [0.29, 0.717) is 11.1 Å². The molecule has 0 unspecified atom stereocenters. The van der Waals surface area contributed by atoms with E-state index < -0.39 is 18.3 Å². The van der Waals surface area contributed by atoms with E-state index in [-0.39, 0.29) is 18.5 Å². The van der Waals surface area contributed by atoms with Crippen LogP contribution in [0, 0.1) is 0 Å². The monoisotopic (exact) mass is 382 g/mol. The minimum Gasteiger partial charge on any atom is -0.454 e. The number of benzene rings is 2. The summed E-state index contributed by atoms with van der Waals surface area (Å²) in [6.45, 7) is 1.31. The van der Waals surface area contributed by atoms with Crippen molar-refractivity contribution in [3.63, 3.8) is 0 Å². The number of hydrogen-bond acceptors (Lipinski definition) is 5. The fourth-order valence-electron chi connectivity index (χ4n) is 3.02. The molecule has 28 heavy (non-hydrogen) atoms. The van der Waals surface area contributed by atoms with E-state index in [2.05, 4.69) is 5.32 Å². The molecule has 7 heteroatoms. The summed E-state index contributed by atoms with van der Waals surface area (Å²) in [6.07, 6.45) is 1.68. The van der Waals surface area contributed by atoms with Gasteiger partial charge in [0.2, 0.25) is 0 Å². The van der Waals surface area contributed by atoms with Gasteiger partial charge in [-0.2, -0.15) is 0 Å². The minimum atomic E-state index is -0.685. The molecular weight excluding hydrogens is 360 g/mol. The Bertz CT molecular complexity index is 1010. The number of fused-ring (bicyclic) bond motifs is 1. The molecule has 0 saturated heterocycles. The van der Waals surface area contributed by atoms with Crippen LogP contribution >= 0.6 is 0 Å². The number of nitrogens with one attached hydrogen (secondary N) is 1. The zero-order valence-electron chi connectivity index (χ0n) is 15.6. The molecule has 2 aromatic carbocycles. The van der Waals surface area contributed by atoms with Crippen LogP contribution in [-0.4, -0.2) is 23.1 Å². The minimum absolute atomic E-state index is 0.141. The third kappa shape index (κ3) is 4.68. The normalized spacial score (nSPS) is 11.9. The Hall–Kier alpha value is -3.35. The molecular formula is C21H22N2O5. The summed E-state index contributed by atoms with van der Waals surface area (Å²) >= 11 is 0. The molecule has 1 N–H and O–H groups in total. The second-order valence-electron chi connectivity index (χ2n) is 6.40. The number of carbonyl (C=O) groups excluding carboxylic acids is 2. The lowest BCUT2D eigenvalue weighted by molar-refractivity contribution is -0.149. The number of hydrogen-bond donors (Lipinski definition) is 1. The van der Waals surface area contributed by atoms with Crippen LogP contribution in [0.15, 0.2) is 63.8 Å². The highest BCUT2D eigenvalue weighted by Crippen LogP contribution is 2.18. The van der Waals surface area contributed by atoms with E-state index in [1.807, 2.05) is 37.3 Å². The molecule has 1 amide bonds. The smallest absolute Gasteiger partial charge is 0.420 e. The summed E-state index contributed by atoms with van der Waals surface area (Å²) in [5.41, 5.74) is 1.89. The first-order chi connectivity index (χ1) is 13.6. The van der Waals surface area contributed by atoms with Crippen LogP contribution in [0.2, 0.25) is 0 Å². The molecule has 3 rings (SSSR count). The summed E-state index contributed by atoms with van der Waals surface area (Å²) in [6, 6.07) is 16.3. The lowest BCUT2D eigenvalue weighted by atomic mass is 10.0. The number of amides is 1. The van der Waals surface area contributed by atoms with Crippen molar-refractivity contribution in [2.45, 2.75) is 32.4 Å². The van der Waals surface area contributed by atoms with Gasteiger partial charge < -0.3 is 14.5 Å². The van der Waals surface area contributed by atoms with E-state index in [9.17, 15) is 14.4 Å². The summed E-state index contributed by atoms with van der Waals surface area (Å²) in [7, 11) is 0. The van der Waals surface area contributed by atoms with Gasteiger partial charge in [0.25, 0.3) is 5.91 Å². The molecule has 0 radical (unpaired) electrons. The van der Waals surface area contributed by atoms with Gasteiger partial charge in [-0.05, 0) is 24.1 Å². The van der Waals surface area contributed by atoms with Crippen LogP contribution in [0.3, 0.4) is 0 Å². The Morgan fingerprint density at radius 2 is 1.82 bits per heavy atom. The predicted octanol–water partition coefficient (Wildman–Crippen LogP) is 2.80. The van der Waals surface area contributed by atoms with Gasteiger partial charge in [0.15, 0.2) is 12.2 Å². The molecule has 1 heterocycles. The van der Waals surface area contributed by atoms with Crippen LogP contribution in [0.4, 0.5) is 0 Å². The fraction of sp³-hybridized carbons (Fsp3) is 0.286. The van der Waals surface area contributed by atoms with E-state index in [4.69, 9.17) is 9.15 Å². The maximum Gasteiger partial charge on any atom is 0.420 e. The van der Waals surface area contributed by atoms with Gasteiger partial charge in [0.1, 0.15) is 6.54 Å². The van der Waals surface area contributed by atoms with Gasteiger partial charge in [-0.3, -0.25) is 14.2 Å². The third-order valence-electron chi connectivity index (χ3n) is 4.34. The van der Waals surface area contributed by atoms with Gasteiger partial charge >= 0.3 is 11.7 Å². The molecule has 0 aliphatic rings. The lowest BCUT2D eigenvalue weighted by Gasteiger charge is -2.18. The van der Waals surface area contributed by atoms with Crippen molar-refractivity contribution in [1.82, 2.24) is 9.88 Å². The number of rotatable bonds is 8. The quantitative estimate of drug-likeness (QED) is 0.605. The molecule has 0 aliphatic carbocycles. The van der Waals surface area contributed by atoms with Crippen molar-refractivity contribution in [3.8, 4) is 0 Å². The Balaban J connectivity index is 1.57. The van der Waals surface area contributed by atoms with Crippen LogP contribution in [0.25, 0.3) is 11.1 Å². The number of ether oxygens (including phenoxy) is 1. The molecule has 0 fully saturated rings. The van der Waals surface area contributed by atoms with E-state index in [1.165, 1.54) is 4.57 Å². The van der Waals surface area contributed by atoms with Crippen molar-refractivity contribution in [3.05, 3.63) is 70.7 Å². The van der Waals surface area contributed by atoms with Crippen LogP contribution < -0.4 is 11.1 Å². The van der Waals surface area contributed by atoms with Crippen LogP contribution in [0.1, 0.15) is 31.4 Å². The van der Waals surface area contributed by atoms with Gasteiger partial charge in [0.05, 0.1) is 11.6 Å². The van der Waals surface area contributed by atoms with E-state index in [1.54, 1.807) is 24.3 Å². The third-order valence-corrected chi connectivity index (χ3v) is 4.34. The van der Waals surface area contributed by atoms with E-state index in [0.717, 1.165) is 18.4 Å².